The lowest BCUT2D eigenvalue weighted by atomic mass is 10.1. The van der Waals surface area contributed by atoms with Gasteiger partial charge in [-0.2, -0.15) is 5.10 Å². The number of amides is 1. The highest BCUT2D eigenvalue weighted by atomic mass is 16.1. The predicted octanol–water partition coefficient (Wildman–Crippen LogP) is 2.29. The molecule has 1 aromatic carbocycles. The maximum atomic E-state index is 11.9. The molecule has 0 spiro atoms. The number of hydrogen-bond donors (Lipinski definition) is 2. The zero-order valence-corrected chi connectivity index (χ0v) is 15.7. The molecule has 0 saturated carbocycles. The summed E-state index contributed by atoms with van der Waals surface area (Å²) in [5.74, 6) is 0.0128. The second-order valence-electron chi connectivity index (χ2n) is 6.99. The first-order valence-electron chi connectivity index (χ1n) is 8.81. The van der Waals surface area contributed by atoms with E-state index < -0.39 is 0 Å². The standard InChI is InChI=1S/C20H22N6O/c1-25(2)12-18(27)21-9-13-5-4-6-14(7-13)17-8-16-19-15(11-23-26(19)3)10-22-20(16)24-17/h4-8,10-11H,9,12H2,1-3H3,(H,21,27)(H,22,24). The lowest BCUT2D eigenvalue weighted by molar-refractivity contribution is -0.121. The van der Waals surface area contributed by atoms with E-state index in [1.807, 2.05) is 55.3 Å². The molecule has 1 amide bonds. The van der Waals surface area contributed by atoms with Gasteiger partial charge in [-0.3, -0.25) is 9.48 Å². The minimum atomic E-state index is 0.0128. The maximum absolute atomic E-state index is 11.9. The number of rotatable bonds is 5. The van der Waals surface area contributed by atoms with E-state index in [1.54, 1.807) is 0 Å². The second kappa shape index (κ2) is 6.85. The SMILES string of the molecule is CN(C)CC(=O)NCc1cccc(-c2cc3c(ncc4cnn(C)c43)[nH]2)c1. The van der Waals surface area contributed by atoms with Crippen molar-refractivity contribution in [1.82, 2.24) is 30.0 Å². The van der Waals surface area contributed by atoms with Gasteiger partial charge in [-0.15, -0.1) is 0 Å². The fourth-order valence-corrected chi connectivity index (χ4v) is 3.29. The van der Waals surface area contributed by atoms with Crippen molar-refractivity contribution in [3.8, 4) is 11.3 Å². The number of nitrogens with one attached hydrogen (secondary N) is 2. The van der Waals surface area contributed by atoms with E-state index in [1.165, 1.54) is 0 Å². The largest absolute Gasteiger partial charge is 0.351 e. The van der Waals surface area contributed by atoms with Crippen LogP contribution in [-0.2, 0) is 18.4 Å². The molecule has 0 fully saturated rings. The molecule has 0 aliphatic heterocycles. The van der Waals surface area contributed by atoms with Gasteiger partial charge in [0.15, 0.2) is 0 Å². The van der Waals surface area contributed by atoms with Gasteiger partial charge in [-0.25, -0.2) is 4.98 Å². The first kappa shape index (κ1) is 17.2. The maximum Gasteiger partial charge on any atom is 0.234 e. The molecular weight excluding hydrogens is 340 g/mol. The van der Waals surface area contributed by atoms with Crippen LogP contribution in [0.25, 0.3) is 33.2 Å². The summed E-state index contributed by atoms with van der Waals surface area (Å²) in [5, 5.41) is 9.34. The van der Waals surface area contributed by atoms with Crippen molar-refractivity contribution in [2.75, 3.05) is 20.6 Å². The lowest BCUT2D eigenvalue weighted by Gasteiger charge is -2.10. The number of hydrogen-bond acceptors (Lipinski definition) is 4. The molecule has 3 heterocycles. The Kier molecular flexibility index (Phi) is 4.37. The number of carbonyl (C=O) groups is 1. The van der Waals surface area contributed by atoms with Crippen molar-refractivity contribution in [3.63, 3.8) is 0 Å². The van der Waals surface area contributed by atoms with Gasteiger partial charge in [-0.05, 0) is 37.4 Å². The highest BCUT2D eigenvalue weighted by molar-refractivity contribution is 6.04. The summed E-state index contributed by atoms with van der Waals surface area (Å²) >= 11 is 0. The van der Waals surface area contributed by atoms with Gasteiger partial charge in [0.05, 0.1) is 18.3 Å². The van der Waals surface area contributed by atoms with E-state index in [4.69, 9.17) is 0 Å². The number of benzene rings is 1. The summed E-state index contributed by atoms with van der Waals surface area (Å²) in [7, 11) is 5.69. The topological polar surface area (TPSA) is 78.8 Å². The van der Waals surface area contributed by atoms with Crippen LogP contribution >= 0.6 is 0 Å². The Morgan fingerprint density at radius 1 is 1.26 bits per heavy atom. The Labute approximate surface area is 157 Å². The smallest absolute Gasteiger partial charge is 0.234 e. The molecule has 4 rings (SSSR count). The molecule has 0 aliphatic rings. The Morgan fingerprint density at radius 2 is 2.11 bits per heavy atom. The number of likely N-dealkylation sites (N-methyl/N-ethyl adjacent to an activating group) is 1. The molecule has 2 N–H and O–H groups in total. The molecule has 7 nitrogen and oxygen atoms in total. The lowest BCUT2D eigenvalue weighted by Crippen LogP contribution is -2.32. The number of aryl methyl sites for hydroxylation is 1. The molecule has 3 aromatic heterocycles. The van der Waals surface area contributed by atoms with E-state index in [2.05, 4.69) is 38.6 Å². The van der Waals surface area contributed by atoms with Gasteiger partial charge in [0, 0.05) is 36.3 Å². The van der Waals surface area contributed by atoms with Crippen LogP contribution in [0.3, 0.4) is 0 Å². The average molecular weight is 362 g/mol. The fraction of sp³-hybridized carbons (Fsp3) is 0.250. The Morgan fingerprint density at radius 3 is 2.93 bits per heavy atom. The molecule has 138 valence electrons. The number of aromatic amines is 1. The van der Waals surface area contributed by atoms with Crippen LogP contribution in [0.4, 0.5) is 0 Å². The molecule has 0 atom stereocenters. The highest BCUT2D eigenvalue weighted by Gasteiger charge is 2.11. The average Bonchev–Trinajstić information content (AvgIpc) is 3.23. The normalized spacial score (nSPS) is 11.6. The van der Waals surface area contributed by atoms with E-state index in [0.717, 1.165) is 38.8 Å². The third-order valence-electron chi connectivity index (χ3n) is 4.54. The zero-order valence-electron chi connectivity index (χ0n) is 15.7. The van der Waals surface area contributed by atoms with Crippen molar-refractivity contribution in [2.24, 2.45) is 7.05 Å². The number of aromatic nitrogens is 4. The molecular formula is C20H22N6O. The quantitative estimate of drug-likeness (QED) is 0.571. The first-order valence-corrected chi connectivity index (χ1v) is 8.81. The molecule has 7 heteroatoms. The van der Waals surface area contributed by atoms with Crippen LogP contribution in [0.15, 0.2) is 42.7 Å². The van der Waals surface area contributed by atoms with Crippen LogP contribution in [0.5, 0.6) is 0 Å². The highest BCUT2D eigenvalue weighted by Crippen LogP contribution is 2.28. The van der Waals surface area contributed by atoms with Gasteiger partial charge >= 0.3 is 0 Å². The van der Waals surface area contributed by atoms with Crippen molar-refractivity contribution < 1.29 is 4.79 Å². The molecule has 0 bridgehead atoms. The molecule has 27 heavy (non-hydrogen) atoms. The number of H-pyrrole nitrogens is 1. The van der Waals surface area contributed by atoms with Crippen LogP contribution in [-0.4, -0.2) is 51.2 Å². The van der Waals surface area contributed by atoms with Gasteiger partial charge in [0.2, 0.25) is 5.91 Å². The summed E-state index contributed by atoms with van der Waals surface area (Å²) in [6.07, 6.45) is 3.66. The van der Waals surface area contributed by atoms with Crippen LogP contribution in [0.2, 0.25) is 0 Å². The Balaban J connectivity index is 1.63. The third kappa shape index (κ3) is 3.41. The van der Waals surface area contributed by atoms with E-state index >= 15 is 0 Å². The summed E-state index contributed by atoms with van der Waals surface area (Å²) in [4.78, 5) is 21.6. The molecule has 0 saturated heterocycles. The minimum absolute atomic E-state index is 0.0128. The molecule has 0 aliphatic carbocycles. The van der Waals surface area contributed by atoms with Crippen molar-refractivity contribution in [1.29, 1.82) is 0 Å². The van der Waals surface area contributed by atoms with Crippen LogP contribution in [0.1, 0.15) is 5.56 Å². The number of fused-ring (bicyclic) bond motifs is 3. The number of pyridine rings is 1. The number of carbonyl (C=O) groups excluding carboxylic acids is 1. The van der Waals surface area contributed by atoms with Gasteiger partial charge in [0.25, 0.3) is 0 Å². The second-order valence-corrected chi connectivity index (χ2v) is 6.99. The van der Waals surface area contributed by atoms with Crippen molar-refractivity contribution in [2.45, 2.75) is 6.54 Å². The first-order chi connectivity index (χ1) is 13.0. The molecule has 4 aromatic rings. The van der Waals surface area contributed by atoms with Gasteiger partial charge in [0.1, 0.15) is 5.65 Å². The summed E-state index contributed by atoms with van der Waals surface area (Å²) in [6, 6.07) is 10.3. The minimum Gasteiger partial charge on any atom is -0.351 e. The van der Waals surface area contributed by atoms with Crippen molar-refractivity contribution >= 4 is 27.8 Å². The van der Waals surface area contributed by atoms with E-state index in [-0.39, 0.29) is 5.91 Å². The van der Waals surface area contributed by atoms with Gasteiger partial charge < -0.3 is 15.2 Å². The zero-order chi connectivity index (χ0) is 19.0. The van der Waals surface area contributed by atoms with Crippen molar-refractivity contribution in [3.05, 3.63) is 48.3 Å². The number of nitrogens with zero attached hydrogens (tertiary/aromatic N) is 4. The monoisotopic (exact) mass is 362 g/mol. The molecule has 0 unspecified atom stereocenters. The summed E-state index contributed by atoms with van der Waals surface area (Å²) in [5.41, 5.74) is 5.01. The summed E-state index contributed by atoms with van der Waals surface area (Å²) in [6.45, 7) is 0.888. The van der Waals surface area contributed by atoms with E-state index in [9.17, 15) is 4.79 Å². The van der Waals surface area contributed by atoms with Crippen LogP contribution < -0.4 is 5.32 Å². The van der Waals surface area contributed by atoms with Gasteiger partial charge in [-0.1, -0.05) is 18.2 Å². The fourth-order valence-electron chi connectivity index (χ4n) is 3.29. The Bertz CT molecular complexity index is 1120. The third-order valence-corrected chi connectivity index (χ3v) is 4.54. The van der Waals surface area contributed by atoms with E-state index in [0.29, 0.717) is 13.1 Å². The van der Waals surface area contributed by atoms with Crippen LogP contribution in [0, 0.1) is 0 Å². The molecule has 0 radical (unpaired) electrons. The predicted molar refractivity (Wildman–Crippen MR) is 106 cm³/mol. The Hall–Kier alpha value is -3.19. The summed E-state index contributed by atoms with van der Waals surface area (Å²) < 4.78 is 1.87.